The molecule has 1 aromatic rings. The lowest BCUT2D eigenvalue weighted by atomic mass is 9.83. The Hall–Kier alpha value is -1.83. The lowest BCUT2D eigenvalue weighted by Gasteiger charge is -2.39. The SMILES string of the molecule is CC(C)(C)OC(=O)N1CCC2(CC1)CC(c1ccnc(C(F)(F)F)c1)CO2. The molecule has 0 aromatic carbocycles. The fraction of sp³-hybridized carbons (Fsp3) is 0.684. The van der Waals surface area contributed by atoms with E-state index in [1.54, 1.807) is 11.0 Å². The Labute approximate surface area is 156 Å². The van der Waals surface area contributed by atoms with Gasteiger partial charge in [-0.05, 0) is 57.7 Å². The number of ether oxygens (including phenoxy) is 2. The molecule has 2 aliphatic heterocycles. The van der Waals surface area contributed by atoms with E-state index in [-0.39, 0.29) is 17.6 Å². The summed E-state index contributed by atoms with van der Waals surface area (Å²) in [4.78, 5) is 17.3. The standard InChI is InChI=1S/C19H25F3N2O3/c1-17(2,3)27-16(25)24-8-5-18(6-9-24)11-14(12-26-18)13-4-7-23-15(10-13)19(20,21)22/h4,7,10,14H,5-6,8-9,11-12H2,1-3H3. The van der Waals surface area contributed by atoms with Gasteiger partial charge in [0, 0.05) is 25.2 Å². The van der Waals surface area contributed by atoms with Gasteiger partial charge >= 0.3 is 12.3 Å². The van der Waals surface area contributed by atoms with Crippen LogP contribution in [0.3, 0.4) is 0 Å². The normalized spacial score (nSPS) is 22.9. The van der Waals surface area contributed by atoms with Crippen LogP contribution in [0.25, 0.3) is 0 Å². The molecule has 1 aromatic heterocycles. The minimum absolute atomic E-state index is 0.0952. The van der Waals surface area contributed by atoms with Gasteiger partial charge in [-0.1, -0.05) is 0 Å². The minimum Gasteiger partial charge on any atom is -0.444 e. The molecule has 0 N–H and O–H groups in total. The zero-order valence-corrected chi connectivity index (χ0v) is 15.8. The summed E-state index contributed by atoms with van der Waals surface area (Å²) in [5.74, 6) is -0.0952. The van der Waals surface area contributed by atoms with Crippen LogP contribution in [0.15, 0.2) is 18.3 Å². The van der Waals surface area contributed by atoms with Gasteiger partial charge in [-0.2, -0.15) is 13.2 Å². The van der Waals surface area contributed by atoms with Gasteiger partial charge in [0.1, 0.15) is 11.3 Å². The van der Waals surface area contributed by atoms with Crippen molar-refractivity contribution >= 4 is 6.09 Å². The number of carbonyl (C=O) groups excluding carboxylic acids is 1. The van der Waals surface area contributed by atoms with Crippen LogP contribution in [-0.2, 0) is 15.7 Å². The molecule has 3 rings (SSSR count). The Morgan fingerprint density at radius 2 is 1.96 bits per heavy atom. The van der Waals surface area contributed by atoms with Crippen molar-refractivity contribution in [1.82, 2.24) is 9.88 Å². The van der Waals surface area contributed by atoms with Crippen LogP contribution in [0.5, 0.6) is 0 Å². The molecule has 1 spiro atoms. The predicted molar refractivity (Wildman–Crippen MR) is 92.3 cm³/mol. The van der Waals surface area contributed by atoms with Crippen LogP contribution < -0.4 is 0 Å². The van der Waals surface area contributed by atoms with Crippen molar-refractivity contribution in [2.45, 2.75) is 63.3 Å². The molecule has 2 fully saturated rings. The molecule has 2 aliphatic rings. The average Bonchev–Trinajstić information content (AvgIpc) is 2.97. The first-order valence-electron chi connectivity index (χ1n) is 9.13. The highest BCUT2D eigenvalue weighted by atomic mass is 19.4. The number of hydrogen-bond acceptors (Lipinski definition) is 4. The van der Waals surface area contributed by atoms with E-state index in [0.29, 0.717) is 44.5 Å². The molecule has 3 heterocycles. The van der Waals surface area contributed by atoms with Crippen LogP contribution in [0.4, 0.5) is 18.0 Å². The Kier molecular flexibility index (Phi) is 5.14. The van der Waals surface area contributed by atoms with Crippen LogP contribution >= 0.6 is 0 Å². The minimum atomic E-state index is -4.45. The largest absolute Gasteiger partial charge is 0.444 e. The molecule has 1 unspecified atom stereocenters. The highest BCUT2D eigenvalue weighted by molar-refractivity contribution is 5.68. The van der Waals surface area contributed by atoms with Crippen molar-refractivity contribution in [3.8, 4) is 0 Å². The zero-order valence-electron chi connectivity index (χ0n) is 15.8. The third-order valence-electron chi connectivity index (χ3n) is 5.08. The summed E-state index contributed by atoms with van der Waals surface area (Å²) in [7, 11) is 0. The van der Waals surface area contributed by atoms with E-state index in [2.05, 4.69) is 4.98 Å². The number of likely N-dealkylation sites (tertiary alicyclic amines) is 1. The van der Waals surface area contributed by atoms with E-state index in [1.165, 1.54) is 6.20 Å². The maximum Gasteiger partial charge on any atom is 0.433 e. The van der Waals surface area contributed by atoms with Crippen molar-refractivity contribution in [3.05, 3.63) is 29.6 Å². The summed E-state index contributed by atoms with van der Waals surface area (Å²) in [5.41, 5.74) is -1.20. The highest BCUT2D eigenvalue weighted by Crippen LogP contribution is 2.43. The van der Waals surface area contributed by atoms with Crippen molar-refractivity contribution in [2.24, 2.45) is 0 Å². The number of alkyl halides is 3. The summed E-state index contributed by atoms with van der Waals surface area (Å²) in [5, 5.41) is 0. The third kappa shape index (κ3) is 4.72. The zero-order chi connectivity index (χ0) is 19.9. The number of carbonyl (C=O) groups is 1. The lowest BCUT2D eigenvalue weighted by molar-refractivity contribution is -0.141. The second kappa shape index (κ2) is 6.96. The molecule has 8 heteroatoms. The first-order chi connectivity index (χ1) is 12.5. The molecule has 0 saturated carbocycles. The lowest BCUT2D eigenvalue weighted by Crippen LogP contribution is -2.47. The van der Waals surface area contributed by atoms with Crippen LogP contribution in [-0.4, -0.2) is 46.9 Å². The fourth-order valence-electron chi connectivity index (χ4n) is 3.69. The van der Waals surface area contributed by atoms with E-state index in [0.717, 1.165) is 6.07 Å². The number of pyridine rings is 1. The monoisotopic (exact) mass is 386 g/mol. The smallest absolute Gasteiger partial charge is 0.433 e. The highest BCUT2D eigenvalue weighted by Gasteiger charge is 2.44. The summed E-state index contributed by atoms with van der Waals surface area (Å²) in [6.45, 7) is 6.89. The molecule has 0 bridgehead atoms. The topological polar surface area (TPSA) is 51.7 Å². The van der Waals surface area contributed by atoms with Crippen LogP contribution in [0.1, 0.15) is 57.2 Å². The summed E-state index contributed by atoms with van der Waals surface area (Å²) in [6, 6.07) is 2.74. The number of hydrogen-bond donors (Lipinski definition) is 0. The van der Waals surface area contributed by atoms with E-state index < -0.39 is 17.5 Å². The molecule has 0 radical (unpaired) electrons. The molecule has 150 valence electrons. The average molecular weight is 386 g/mol. The Morgan fingerprint density at radius 3 is 2.56 bits per heavy atom. The van der Waals surface area contributed by atoms with Crippen molar-refractivity contribution in [3.63, 3.8) is 0 Å². The predicted octanol–water partition coefficient (Wildman–Crippen LogP) is 4.37. The molecule has 1 amide bonds. The maximum atomic E-state index is 12.9. The van der Waals surface area contributed by atoms with E-state index in [9.17, 15) is 18.0 Å². The second-order valence-corrected chi connectivity index (χ2v) is 8.33. The molecular formula is C19H25F3N2O3. The Bertz CT molecular complexity index is 692. The Morgan fingerprint density at radius 1 is 1.30 bits per heavy atom. The number of halogens is 3. The summed E-state index contributed by atoms with van der Waals surface area (Å²) in [6.07, 6.45) is -1.63. The molecular weight excluding hydrogens is 361 g/mol. The van der Waals surface area contributed by atoms with Crippen molar-refractivity contribution in [2.75, 3.05) is 19.7 Å². The van der Waals surface area contributed by atoms with Gasteiger partial charge in [0.15, 0.2) is 0 Å². The van der Waals surface area contributed by atoms with Gasteiger partial charge < -0.3 is 14.4 Å². The van der Waals surface area contributed by atoms with E-state index in [1.807, 2.05) is 20.8 Å². The third-order valence-corrected chi connectivity index (χ3v) is 5.08. The first kappa shape index (κ1) is 19.9. The van der Waals surface area contributed by atoms with Crippen molar-refractivity contribution in [1.29, 1.82) is 0 Å². The quantitative estimate of drug-likeness (QED) is 0.719. The molecule has 1 atom stereocenters. The second-order valence-electron chi connectivity index (χ2n) is 8.33. The van der Waals surface area contributed by atoms with Gasteiger partial charge in [-0.3, -0.25) is 4.98 Å². The van der Waals surface area contributed by atoms with Gasteiger partial charge in [0.05, 0.1) is 12.2 Å². The van der Waals surface area contributed by atoms with Crippen molar-refractivity contribution < 1.29 is 27.4 Å². The molecule has 5 nitrogen and oxygen atoms in total. The number of amides is 1. The molecule has 0 aliphatic carbocycles. The molecule has 2 saturated heterocycles. The summed E-state index contributed by atoms with van der Waals surface area (Å²) < 4.78 is 50.1. The Balaban J connectivity index is 1.61. The van der Waals surface area contributed by atoms with E-state index in [4.69, 9.17) is 9.47 Å². The van der Waals surface area contributed by atoms with E-state index >= 15 is 0 Å². The number of rotatable bonds is 1. The number of piperidine rings is 1. The van der Waals surface area contributed by atoms with Crippen LogP contribution in [0.2, 0.25) is 0 Å². The fourth-order valence-corrected chi connectivity index (χ4v) is 3.69. The number of nitrogens with zero attached hydrogens (tertiary/aromatic N) is 2. The van der Waals surface area contributed by atoms with Gasteiger partial charge in [0.2, 0.25) is 0 Å². The van der Waals surface area contributed by atoms with Gasteiger partial charge in [-0.15, -0.1) is 0 Å². The van der Waals surface area contributed by atoms with Gasteiger partial charge in [-0.25, -0.2) is 4.79 Å². The number of aromatic nitrogens is 1. The molecule has 27 heavy (non-hydrogen) atoms. The maximum absolute atomic E-state index is 12.9. The van der Waals surface area contributed by atoms with Crippen LogP contribution in [0, 0.1) is 0 Å². The first-order valence-corrected chi connectivity index (χ1v) is 9.13. The summed E-state index contributed by atoms with van der Waals surface area (Å²) >= 11 is 0. The van der Waals surface area contributed by atoms with Gasteiger partial charge in [0.25, 0.3) is 0 Å².